The molecule has 0 bridgehead atoms. The van der Waals surface area contributed by atoms with Crippen molar-refractivity contribution < 1.29 is 33.4 Å². The molecule has 164 valence electrons. The summed E-state index contributed by atoms with van der Waals surface area (Å²) < 4.78 is 14.6. The number of carbonyl (C=O) groups is 4. The Morgan fingerprint density at radius 3 is 1.59 bits per heavy atom. The van der Waals surface area contributed by atoms with Gasteiger partial charge in [0.25, 0.3) is 0 Å². The Morgan fingerprint density at radius 1 is 0.719 bits per heavy atom. The predicted octanol–water partition coefficient (Wildman–Crippen LogP) is 2.89. The minimum Gasteiger partial charge on any atom is -0.468 e. The number of ketones is 1. The van der Waals surface area contributed by atoms with E-state index < -0.39 is 40.3 Å². The molecule has 0 fully saturated rings. The van der Waals surface area contributed by atoms with Gasteiger partial charge in [0.15, 0.2) is 5.78 Å². The number of hydrogen-bond acceptors (Lipinski definition) is 7. The predicted molar refractivity (Wildman–Crippen MR) is 115 cm³/mol. The highest BCUT2D eigenvalue weighted by atomic mass is 16.5. The van der Waals surface area contributed by atoms with Gasteiger partial charge in [-0.1, -0.05) is 60.7 Å². The maximum Gasteiger partial charge on any atom is 0.342 e. The standard InChI is InChI=1S/C25H22O7/c1-25(24(29)32-4)19(21(26)18(22(27)30-2)20(25)23(28)31-3)17(15-11-7-5-8-12-15)16-13-9-6-10-14-16/h5-14H,1-4H3. The molecule has 0 saturated carbocycles. The summed E-state index contributed by atoms with van der Waals surface area (Å²) >= 11 is 0. The zero-order valence-electron chi connectivity index (χ0n) is 18.1. The van der Waals surface area contributed by atoms with Crippen LogP contribution in [0, 0.1) is 5.41 Å². The van der Waals surface area contributed by atoms with Gasteiger partial charge in [-0.3, -0.25) is 9.59 Å². The average molecular weight is 434 g/mol. The first kappa shape index (κ1) is 22.7. The van der Waals surface area contributed by atoms with Crippen LogP contribution in [-0.4, -0.2) is 45.0 Å². The third-order valence-corrected chi connectivity index (χ3v) is 5.45. The summed E-state index contributed by atoms with van der Waals surface area (Å²) in [7, 11) is 3.33. The van der Waals surface area contributed by atoms with E-state index in [0.29, 0.717) is 16.7 Å². The van der Waals surface area contributed by atoms with Crippen LogP contribution < -0.4 is 0 Å². The van der Waals surface area contributed by atoms with Gasteiger partial charge in [0.2, 0.25) is 0 Å². The summed E-state index contributed by atoms with van der Waals surface area (Å²) in [5.41, 5.74) is -1.31. The number of ether oxygens (including phenoxy) is 3. The van der Waals surface area contributed by atoms with Gasteiger partial charge in [0.1, 0.15) is 11.0 Å². The lowest BCUT2D eigenvalue weighted by molar-refractivity contribution is -0.151. The average Bonchev–Trinajstić information content (AvgIpc) is 3.07. The molecule has 0 radical (unpaired) electrons. The van der Waals surface area contributed by atoms with Crippen molar-refractivity contribution in [2.75, 3.05) is 21.3 Å². The summed E-state index contributed by atoms with van der Waals surface area (Å²) in [5, 5.41) is 0. The monoisotopic (exact) mass is 434 g/mol. The minimum absolute atomic E-state index is 0.0671. The Bertz CT molecular complexity index is 1100. The molecule has 3 rings (SSSR count). The molecular formula is C25H22O7. The molecule has 1 aliphatic carbocycles. The van der Waals surface area contributed by atoms with E-state index in [-0.39, 0.29) is 5.57 Å². The van der Waals surface area contributed by atoms with Crippen LogP contribution in [0.25, 0.3) is 5.57 Å². The molecule has 0 aromatic heterocycles. The molecule has 7 nitrogen and oxygen atoms in total. The minimum atomic E-state index is -1.91. The molecule has 1 unspecified atom stereocenters. The van der Waals surface area contributed by atoms with Crippen LogP contribution in [0.5, 0.6) is 0 Å². The molecule has 1 aliphatic rings. The number of benzene rings is 2. The Hall–Kier alpha value is -4.00. The van der Waals surface area contributed by atoms with Crippen LogP contribution in [0.2, 0.25) is 0 Å². The molecule has 2 aromatic carbocycles. The quantitative estimate of drug-likeness (QED) is 0.309. The van der Waals surface area contributed by atoms with Crippen molar-refractivity contribution in [2.45, 2.75) is 6.92 Å². The van der Waals surface area contributed by atoms with Crippen LogP contribution in [0.4, 0.5) is 0 Å². The molecule has 0 aliphatic heterocycles. The van der Waals surface area contributed by atoms with Gasteiger partial charge in [-0.25, -0.2) is 9.59 Å². The molecular weight excluding hydrogens is 412 g/mol. The molecule has 0 amide bonds. The number of methoxy groups -OCH3 is 3. The number of esters is 3. The normalized spacial score (nSPS) is 17.8. The van der Waals surface area contributed by atoms with Gasteiger partial charge in [0.05, 0.1) is 26.9 Å². The highest BCUT2D eigenvalue weighted by Gasteiger charge is 2.59. The molecule has 1 atom stereocenters. The van der Waals surface area contributed by atoms with E-state index in [1.807, 2.05) is 12.1 Å². The summed E-state index contributed by atoms with van der Waals surface area (Å²) in [6.07, 6.45) is 0. The Labute approximate surface area is 185 Å². The van der Waals surface area contributed by atoms with E-state index in [1.165, 1.54) is 6.92 Å². The Morgan fingerprint density at radius 2 is 1.19 bits per heavy atom. The van der Waals surface area contributed by atoms with Crippen molar-refractivity contribution in [3.05, 3.63) is 88.5 Å². The van der Waals surface area contributed by atoms with E-state index in [2.05, 4.69) is 0 Å². The highest BCUT2D eigenvalue weighted by Crippen LogP contribution is 2.50. The van der Waals surface area contributed by atoms with Crippen molar-refractivity contribution in [2.24, 2.45) is 5.41 Å². The van der Waals surface area contributed by atoms with Crippen molar-refractivity contribution in [1.82, 2.24) is 0 Å². The summed E-state index contributed by atoms with van der Waals surface area (Å²) in [6, 6.07) is 17.8. The van der Waals surface area contributed by atoms with Gasteiger partial charge in [-0.15, -0.1) is 0 Å². The lowest BCUT2D eigenvalue weighted by Gasteiger charge is -2.27. The van der Waals surface area contributed by atoms with E-state index in [1.54, 1.807) is 48.5 Å². The molecule has 0 heterocycles. The topological polar surface area (TPSA) is 96.0 Å². The lowest BCUT2D eigenvalue weighted by atomic mass is 9.74. The Kier molecular flexibility index (Phi) is 6.39. The fraction of sp³-hybridized carbons (Fsp3) is 0.200. The second kappa shape index (κ2) is 9.01. The zero-order valence-corrected chi connectivity index (χ0v) is 18.1. The number of hydrogen-bond donors (Lipinski definition) is 0. The van der Waals surface area contributed by atoms with Crippen molar-refractivity contribution in [1.29, 1.82) is 0 Å². The van der Waals surface area contributed by atoms with Crippen molar-refractivity contribution >= 4 is 29.3 Å². The molecule has 0 spiro atoms. The third-order valence-electron chi connectivity index (χ3n) is 5.45. The second-order valence-electron chi connectivity index (χ2n) is 7.16. The first-order valence-corrected chi connectivity index (χ1v) is 9.72. The van der Waals surface area contributed by atoms with Crippen LogP contribution in [0.15, 0.2) is 77.4 Å². The summed E-state index contributed by atoms with van der Waals surface area (Å²) in [5.74, 6) is -3.72. The van der Waals surface area contributed by atoms with Gasteiger partial charge < -0.3 is 14.2 Å². The first-order valence-electron chi connectivity index (χ1n) is 9.72. The van der Waals surface area contributed by atoms with E-state index in [4.69, 9.17) is 14.2 Å². The van der Waals surface area contributed by atoms with Crippen molar-refractivity contribution in [3.8, 4) is 0 Å². The molecule has 2 aromatic rings. The van der Waals surface area contributed by atoms with Gasteiger partial charge in [0, 0.05) is 5.57 Å². The first-order chi connectivity index (χ1) is 15.3. The molecule has 7 heteroatoms. The van der Waals surface area contributed by atoms with Gasteiger partial charge in [-0.2, -0.15) is 0 Å². The maximum absolute atomic E-state index is 13.7. The molecule has 32 heavy (non-hydrogen) atoms. The fourth-order valence-electron chi connectivity index (χ4n) is 3.98. The summed E-state index contributed by atoms with van der Waals surface area (Å²) in [4.78, 5) is 52.3. The maximum atomic E-state index is 13.7. The molecule has 0 saturated heterocycles. The molecule has 0 N–H and O–H groups in total. The summed E-state index contributed by atoms with van der Waals surface area (Å²) in [6.45, 7) is 1.38. The van der Waals surface area contributed by atoms with Crippen LogP contribution in [-0.2, 0) is 33.4 Å². The third kappa shape index (κ3) is 3.51. The van der Waals surface area contributed by atoms with E-state index >= 15 is 0 Å². The van der Waals surface area contributed by atoms with E-state index in [0.717, 1.165) is 21.3 Å². The van der Waals surface area contributed by atoms with Crippen LogP contribution >= 0.6 is 0 Å². The van der Waals surface area contributed by atoms with Crippen molar-refractivity contribution in [3.63, 3.8) is 0 Å². The zero-order chi connectivity index (χ0) is 23.5. The fourth-order valence-corrected chi connectivity index (χ4v) is 3.98. The van der Waals surface area contributed by atoms with Gasteiger partial charge >= 0.3 is 17.9 Å². The highest BCUT2D eigenvalue weighted by molar-refractivity contribution is 6.36. The SMILES string of the molecule is COC(=O)C1=C(C(=O)OC)C(C)(C(=O)OC)C(=C(c2ccccc2)c2ccccc2)C1=O. The largest absolute Gasteiger partial charge is 0.468 e. The Balaban J connectivity index is 2.53. The van der Waals surface area contributed by atoms with E-state index in [9.17, 15) is 19.2 Å². The van der Waals surface area contributed by atoms with Gasteiger partial charge in [-0.05, 0) is 23.6 Å². The lowest BCUT2D eigenvalue weighted by Crippen LogP contribution is -2.35. The number of carbonyl (C=O) groups excluding carboxylic acids is 4. The number of Topliss-reactive ketones (excluding diaryl/α,β-unsaturated/α-hetero) is 1. The number of rotatable bonds is 5. The van der Waals surface area contributed by atoms with Crippen LogP contribution in [0.1, 0.15) is 18.1 Å². The van der Waals surface area contributed by atoms with Crippen LogP contribution in [0.3, 0.4) is 0 Å². The second-order valence-corrected chi connectivity index (χ2v) is 7.16. The smallest absolute Gasteiger partial charge is 0.342 e.